The van der Waals surface area contributed by atoms with Crippen LogP contribution in [0.15, 0.2) is 121 Å². The van der Waals surface area contributed by atoms with E-state index in [4.69, 9.17) is 11.5 Å². The first kappa shape index (κ1) is 38.5. The maximum Gasteiger partial charge on any atom is 0.0264 e. The standard InChI is InChI=1S/C44H63N5/c1-5-37(45)42(30-34-23-15-10-16-24-34)48-40(7-3)44(32-36-27-19-12-20-28-36)49-41(8-4)43(31-35-25-17-11-18-26-35)47-39(6-2)38(46)29-33-21-13-9-14-22-33/h9-28,37-44,47-49H,5-8,29-32,45-46H2,1-4H3. The lowest BCUT2D eigenvalue weighted by molar-refractivity contribution is 0.239. The fraction of sp³-hybridized carbons (Fsp3) is 0.455. The summed E-state index contributed by atoms with van der Waals surface area (Å²) >= 11 is 0. The van der Waals surface area contributed by atoms with Crippen LogP contribution in [0, 0.1) is 0 Å². The molecule has 49 heavy (non-hydrogen) atoms. The molecular formula is C44H63N5. The van der Waals surface area contributed by atoms with Crippen LogP contribution in [0.1, 0.15) is 75.6 Å². The first-order valence-electron chi connectivity index (χ1n) is 18.9. The number of benzene rings is 4. The Bertz CT molecular complexity index is 1400. The van der Waals surface area contributed by atoms with Gasteiger partial charge in [0.25, 0.3) is 0 Å². The van der Waals surface area contributed by atoms with E-state index in [1.807, 2.05) is 0 Å². The van der Waals surface area contributed by atoms with Gasteiger partial charge in [0.05, 0.1) is 0 Å². The predicted molar refractivity (Wildman–Crippen MR) is 210 cm³/mol. The normalized spacial score (nSPS) is 16.6. The lowest BCUT2D eigenvalue weighted by Crippen LogP contribution is -2.62. The summed E-state index contributed by atoms with van der Waals surface area (Å²) in [5, 5.41) is 12.5. The average Bonchev–Trinajstić information content (AvgIpc) is 3.14. The van der Waals surface area contributed by atoms with Crippen LogP contribution in [0.2, 0.25) is 0 Å². The highest BCUT2D eigenvalue weighted by molar-refractivity contribution is 5.21. The molecule has 4 aromatic carbocycles. The molecule has 0 aliphatic rings. The van der Waals surface area contributed by atoms with Gasteiger partial charge in [-0.2, -0.15) is 0 Å². The highest BCUT2D eigenvalue weighted by Gasteiger charge is 2.31. The quantitative estimate of drug-likeness (QED) is 0.0614. The maximum atomic E-state index is 6.97. The molecule has 0 spiro atoms. The van der Waals surface area contributed by atoms with E-state index in [0.717, 1.165) is 51.4 Å². The zero-order chi connectivity index (χ0) is 34.8. The maximum absolute atomic E-state index is 6.97. The van der Waals surface area contributed by atoms with Crippen LogP contribution in [0.3, 0.4) is 0 Å². The van der Waals surface area contributed by atoms with Crippen LogP contribution >= 0.6 is 0 Å². The van der Waals surface area contributed by atoms with Gasteiger partial charge in [0, 0.05) is 48.3 Å². The molecule has 7 N–H and O–H groups in total. The largest absolute Gasteiger partial charge is 0.326 e. The Balaban J connectivity index is 1.62. The van der Waals surface area contributed by atoms with Gasteiger partial charge in [0.2, 0.25) is 0 Å². The summed E-state index contributed by atoms with van der Waals surface area (Å²) < 4.78 is 0. The van der Waals surface area contributed by atoms with Gasteiger partial charge >= 0.3 is 0 Å². The molecule has 8 atom stereocenters. The van der Waals surface area contributed by atoms with Crippen molar-refractivity contribution in [2.45, 2.75) is 127 Å². The van der Waals surface area contributed by atoms with Crippen molar-refractivity contribution in [3.63, 3.8) is 0 Å². The Morgan fingerprint density at radius 3 is 1.00 bits per heavy atom. The zero-order valence-corrected chi connectivity index (χ0v) is 30.5. The minimum Gasteiger partial charge on any atom is -0.326 e. The molecule has 0 saturated heterocycles. The van der Waals surface area contributed by atoms with Crippen molar-refractivity contribution < 1.29 is 0 Å². The monoisotopic (exact) mass is 662 g/mol. The van der Waals surface area contributed by atoms with Gasteiger partial charge in [-0.3, -0.25) is 0 Å². The molecule has 5 heteroatoms. The third kappa shape index (κ3) is 12.5. The Kier molecular flexibility index (Phi) is 16.5. The zero-order valence-electron chi connectivity index (χ0n) is 30.5. The minimum absolute atomic E-state index is 0.0163. The second-order valence-electron chi connectivity index (χ2n) is 13.9. The van der Waals surface area contributed by atoms with Crippen LogP contribution in [-0.2, 0) is 25.7 Å². The Morgan fingerprint density at radius 2 is 0.653 bits per heavy atom. The Labute approximate surface area is 297 Å². The molecule has 0 fully saturated rings. The first-order chi connectivity index (χ1) is 23.9. The molecule has 0 saturated carbocycles. The fourth-order valence-electron chi connectivity index (χ4n) is 7.29. The average molecular weight is 662 g/mol. The minimum atomic E-state index is 0.0163. The molecule has 0 bridgehead atoms. The highest BCUT2D eigenvalue weighted by Crippen LogP contribution is 2.18. The molecule has 0 heterocycles. The van der Waals surface area contributed by atoms with Crippen molar-refractivity contribution in [1.29, 1.82) is 0 Å². The van der Waals surface area contributed by atoms with Crippen molar-refractivity contribution in [3.05, 3.63) is 144 Å². The molecule has 264 valence electrons. The van der Waals surface area contributed by atoms with Gasteiger partial charge in [-0.1, -0.05) is 149 Å². The van der Waals surface area contributed by atoms with E-state index < -0.39 is 0 Å². The van der Waals surface area contributed by atoms with E-state index in [2.05, 4.69) is 165 Å². The molecule has 0 aliphatic heterocycles. The van der Waals surface area contributed by atoms with Crippen molar-refractivity contribution in [2.75, 3.05) is 0 Å². The molecule has 0 amide bonds. The second-order valence-corrected chi connectivity index (χ2v) is 13.9. The Hall–Kier alpha value is -3.32. The van der Waals surface area contributed by atoms with Crippen LogP contribution in [0.4, 0.5) is 0 Å². The third-order valence-electron chi connectivity index (χ3n) is 10.3. The van der Waals surface area contributed by atoms with E-state index in [1.165, 1.54) is 22.3 Å². The van der Waals surface area contributed by atoms with Gasteiger partial charge in [-0.05, 0) is 73.6 Å². The second kappa shape index (κ2) is 21.0. The molecule has 8 unspecified atom stereocenters. The van der Waals surface area contributed by atoms with Gasteiger partial charge in [0.15, 0.2) is 0 Å². The molecule has 5 nitrogen and oxygen atoms in total. The number of rotatable bonds is 22. The van der Waals surface area contributed by atoms with Crippen LogP contribution < -0.4 is 27.4 Å². The van der Waals surface area contributed by atoms with Gasteiger partial charge < -0.3 is 27.4 Å². The van der Waals surface area contributed by atoms with E-state index in [-0.39, 0.29) is 48.3 Å². The van der Waals surface area contributed by atoms with Crippen LogP contribution in [0.5, 0.6) is 0 Å². The smallest absolute Gasteiger partial charge is 0.0264 e. The van der Waals surface area contributed by atoms with Crippen LogP contribution in [-0.4, -0.2) is 48.3 Å². The summed E-state index contributed by atoms with van der Waals surface area (Å²) in [5.41, 5.74) is 19.1. The first-order valence-corrected chi connectivity index (χ1v) is 18.9. The lowest BCUT2D eigenvalue weighted by Gasteiger charge is -2.40. The lowest BCUT2D eigenvalue weighted by atomic mass is 9.89. The van der Waals surface area contributed by atoms with Crippen molar-refractivity contribution in [3.8, 4) is 0 Å². The molecule has 0 aromatic heterocycles. The highest BCUT2D eigenvalue weighted by atomic mass is 15.1. The van der Waals surface area contributed by atoms with E-state index in [9.17, 15) is 0 Å². The summed E-state index contributed by atoms with van der Waals surface area (Å²) in [6, 6.07) is 44.6. The number of nitrogens with one attached hydrogen (secondary N) is 3. The fourth-order valence-corrected chi connectivity index (χ4v) is 7.29. The summed E-state index contributed by atoms with van der Waals surface area (Å²) in [6.07, 6.45) is 7.53. The summed E-state index contributed by atoms with van der Waals surface area (Å²) in [7, 11) is 0. The van der Waals surface area contributed by atoms with E-state index in [0.29, 0.717) is 0 Å². The molecular weight excluding hydrogens is 599 g/mol. The Morgan fingerprint density at radius 1 is 0.347 bits per heavy atom. The SMILES string of the molecule is CCC(N)C(Cc1ccccc1)NC(CC)C(Cc1ccccc1)NC(CC)C(Cc1ccccc1)NC(CC)C(N)Cc1ccccc1. The summed E-state index contributed by atoms with van der Waals surface area (Å²) in [6.45, 7) is 9.09. The van der Waals surface area contributed by atoms with Gasteiger partial charge in [-0.25, -0.2) is 0 Å². The van der Waals surface area contributed by atoms with E-state index >= 15 is 0 Å². The van der Waals surface area contributed by atoms with Crippen molar-refractivity contribution in [2.24, 2.45) is 11.5 Å². The summed E-state index contributed by atoms with van der Waals surface area (Å²) in [5.74, 6) is 0. The number of hydrogen-bond donors (Lipinski definition) is 5. The van der Waals surface area contributed by atoms with Gasteiger partial charge in [0.1, 0.15) is 0 Å². The summed E-state index contributed by atoms with van der Waals surface area (Å²) in [4.78, 5) is 0. The van der Waals surface area contributed by atoms with Crippen molar-refractivity contribution >= 4 is 0 Å². The topological polar surface area (TPSA) is 88.1 Å². The molecule has 0 aliphatic carbocycles. The number of nitrogens with two attached hydrogens (primary N) is 2. The molecule has 4 rings (SSSR count). The third-order valence-corrected chi connectivity index (χ3v) is 10.3. The van der Waals surface area contributed by atoms with Crippen LogP contribution in [0.25, 0.3) is 0 Å². The van der Waals surface area contributed by atoms with Crippen molar-refractivity contribution in [1.82, 2.24) is 16.0 Å². The van der Waals surface area contributed by atoms with Gasteiger partial charge in [-0.15, -0.1) is 0 Å². The number of hydrogen-bond acceptors (Lipinski definition) is 5. The van der Waals surface area contributed by atoms with E-state index in [1.54, 1.807) is 0 Å². The molecule has 4 aromatic rings. The predicted octanol–water partition coefficient (Wildman–Crippen LogP) is 7.23. The molecule has 0 radical (unpaired) electrons.